The number of aliphatic hydroxyl groups excluding tert-OH is 1. The highest BCUT2D eigenvalue weighted by Crippen LogP contribution is 2.19. The molecule has 2 rings (SSSR count). The smallest absolute Gasteiger partial charge is 0.242 e. The van der Waals surface area contributed by atoms with Gasteiger partial charge >= 0.3 is 0 Å². The molecule has 2 heterocycles. The molecule has 0 atom stereocenters. The minimum Gasteiger partial charge on any atom is -0.390 e. The zero-order chi connectivity index (χ0) is 15.5. The van der Waals surface area contributed by atoms with Gasteiger partial charge < -0.3 is 9.67 Å². The summed E-state index contributed by atoms with van der Waals surface area (Å²) in [5, 5.41) is 9.23. The highest BCUT2D eigenvalue weighted by atomic mass is 32.2. The van der Waals surface area contributed by atoms with Crippen LogP contribution in [0, 0.1) is 0 Å². The quantitative estimate of drug-likeness (QED) is 0.818. The van der Waals surface area contributed by atoms with Crippen molar-refractivity contribution in [1.82, 2.24) is 9.29 Å². The normalized spacial score (nSPS) is 12.0. The minimum atomic E-state index is -3.55. The van der Waals surface area contributed by atoms with Gasteiger partial charge in [-0.25, -0.2) is 13.1 Å². The maximum absolute atomic E-state index is 12.3. The minimum absolute atomic E-state index is 0.172. The zero-order valence-corrected chi connectivity index (χ0v) is 13.8. The molecule has 0 unspecified atom stereocenters. The average Bonchev–Trinajstić information content (AvgIpc) is 3.11. The van der Waals surface area contributed by atoms with E-state index in [9.17, 15) is 13.5 Å². The van der Waals surface area contributed by atoms with Gasteiger partial charge in [-0.15, -0.1) is 11.3 Å². The van der Waals surface area contributed by atoms with Crippen LogP contribution in [-0.4, -0.2) is 18.1 Å². The first kappa shape index (κ1) is 16.2. The van der Waals surface area contributed by atoms with Crippen molar-refractivity contribution in [2.24, 2.45) is 0 Å². The van der Waals surface area contributed by atoms with Crippen LogP contribution in [0.25, 0.3) is 0 Å². The topological polar surface area (TPSA) is 71.3 Å². The van der Waals surface area contributed by atoms with E-state index in [0.29, 0.717) is 18.8 Å². The Morgan fingerprint density at radius 1 is 1.29 bits per heavy atom. The average molecular weight is 328 g/mol. The molecule has 0 radical (unpaired) electrons. The van der Waals surface area contributed by atoms with Gasteiger partial charge in [-0.1, -0.05) is 6.92 Å². The van der Waals surface area contributed by atoms with Crippen LogP contribution < -0.4 is 4.72 Å². The number of nitrogens with one attached hydrogen (secondary N) is 1. The van der Waals surface area contributed by atoms with E-state index < -0.39 is 10.0 Å². The van der Waals surface area contributed by atoms with Gasteiger partial charge in [0.1, 0.15) is 0 Å². The Balaban J connectivity index is 2.12. The monoisotopic (exact) mass is 328 g/mol. The standard InChI is InChI=1S/C14H20N2O3S2/c1-3-12-5-6-13(20-12)8-15-21(18,19)14-7-11(10-17)16(4-2)9-14/h5-7,9,15,17H,3-4,8,10H2,1-2H3. The maximum atomic E-state index is 12.3. The summed E-state index contributed by atoms with van der Waals surface area (Å²) in [4.78, 5) is 2.43. The van der Waals surface area contributed by atoms with Gasteiger partial charge in [0.15, 0.2) is 0 Å². The number of thiophene rings is 1. The third kappa shape index (κ3) is 3.74. The summed E-state index contributed by atoms with van der Waals surface area (Å²) in [5.41, 5.74) is 0.599. The largest absolute Gasteiger partial charge is 0.390 e. The second kappa shape index (κ2) is 6.74. The van der Waals surface area contributed by atoms with Crippen LogP contribution in [0.3, 0.4) is 0 Å². The Bertz CT molecular complexity index is 680. The number of hydrogen-bond acceptors (Lipinski definition) is 4. The number of hydrogen-bond donors (Lipinski definition) is 2. The second-order valence-corrected chi connectivity index (χ2v) is 7.68. The fourth-order valence-electron chi connectivity index (χ4n) is 2.06. The molecule has 0 amide bonds. The molecule has 116 valence electrons. The van der Waals surface area contributed by atoms with Crippen LogP contribution in [0.5, 0.6) is 0 Å². The molecular weight excluding hydrogens is 308 g/mol. The first-order valence-corrected chi connectivity index (χ1v) is 9.17. The Labute approximate surface area is 129 Å². The van der Waals surface area contributed by atoms with Gasteiger partial charge in [-0.3, -0.25) is 0 Å². The van der Waals surface area contributed by atoms with Crippen molar-refractivity contribution in [2.45, 2.75) is 44.9 Å². The molecule has 0 fully saturated rings. The predicted molar refractivity (Wildman–Crippen MR) is 83.8 cm³/mol. The van der Waals surface area contributed by atoms with Gasteiger partial charge in [0.25, 0.3) is 0 Å². The van der Waals surface area contributed by atoms with E-state index in [2.05, 4.69) is 11.6 Å². The third-order valence-corrected chi connectivity index (χ3v) is 5.87. The Morgan fingerprint density at radius 3 is 2.52 bits per heavy atom. The summed E-state index contributed by atoms with van der Waals surface area (Å²) in [7, 11) is -3.55. The molecule has 2 aromatic rings. The second-order valence-electron chi connectivity index (χ2n) is 4.66. The van der Waals surface area contributed by atoms with E-state index in [1.807, 2.05) is 19.1 Å². The fraction of sp³-hybridized carbons (Fsp3) is 0.429. The van der Waals surface area contributed by atoms with Gasteiger partial charge in [0.05, 0.1) is 11.5 Å². The van der Waals surface area contributed by atoms with E-state index in [0.717, 1.165) is 11.3 Å². The van der Waals surface area contributed by atoms with Crippen molar-refractivity contribution >= 4 is 21.4 Å². The molecule has 0 aromatic carbocycles. The molecular formula is C14H20N2O3S2. The van der Waals surface area contributed by atoms with Crippen molar-refractivity contribution in [2.75, 3.05) is 0 Å². The molecule has 0 bridgehead atoms. The lowest BCUT2D eigenvalue weighted by atomic mass is 10.4. The van der Waals surface area contributed by atoms with Crippen LogP contribution >= 0.6 is 11.3 Å². The maximum Gasteiger partial charge on any atom is 0.242 e. The lowest BCUT2D eigenvalue weighted by Crippen LogP contribution is -2.22. The van der Waals surface area contributed by atoms with Crippen LogP contribution in [0.15, 0.2) is 29.3 Å². The number of sulfonamides is 1. The van der Waals surface area contributed by atoms with Gasteiger partial charge in [-0.2, -0.15) is 0 Å². The van der Waals surface area contributed by atoms with Crippen LogP contribution in [-0.2, 0) is 36.1 Å². The third-order valence-electron chi connectivity index (χ3n) is 3.28. The Kier molecular flexibility index (Phi) is 5.21. The zero-order valence-electron chi connectivity index (χ0n) is 12.2. The fourth-order valence-corrected chi connectivity index (χ4v) is 4.11. The molecule has 21 heavy (non-hydrogen) atoms. The summed E-state index contributed by atoms with van der Waals surface area (Å²) < 4.78 is 28.9. The molecule has 0 aliphatic rings. The van der Waals surface area contributed by atoms with E-state index in [1.54, 1.807) is 22.1 Å². The van der Waals surface area contributed by atoms with Crippen LogP contribution in [0.1, 0.15) is 29.3 Å². The molecule has 2 aromatic heterocycles. The number of nitrogens with zero attached hydrogens (tertiary/aromatic N) is 1. The lowest BCUT2D eigenvalue weighted by Gasteiger charge is -2.03. The van der Waals surface area contributed by atoms with E-state index >= 15 is 0 Å². The summed E-state index contributed by atoms with van der Waals surface area (Å²) in [6.45, 7) is 4.72. The molecule has 5 nitrogen and oxygen atoms in total. The van der Waals surface area contributed by atoms with Crippen LogP contribution in [0.4, 0.5) is 0 Å². The Hall–Kier alpha value is -1.15. The summed E-state index contributed by atoms with van der Waals surface area (Å²) in [6.07, 6.45) is 2.51. The first-order chi connectivity index (χ1) is 10.00. The highest BCUT2D eigenvalue weighted by molar-refractivity contribution is 7.89. The van der Waals surface area contributed by atoms with Crippen molar-refractivity contribution in [3.63, 3.8) is 0 Å². The number of rotatable bonds is 7. The van der Waals surface area contributed by atoms with Crippen molar-refractivity contribution in [3.05, 3.63) is 39.8 Å². The summed E-state index contributed by atoms with van der Waals surface area (Å²) in [6, 6.07) is 5.48. The van der Waals surface area contributed by atoms with Crippen molar-refractivity contribution < 1.29 is 13.5 Å². The highest BCUT2D eigenvalue weighted by Gasteiger charge is 2.18. The number of aryl methyl sites for hydroxylation is 2. The van der Waals surface area contributed by atoms with Gasteiger partial charge in [-0.05, 0) is 31.5 Å². The number of aliphatic hydroxyl groups is 1. The summed E-state index contributed by atoms with van der Waals surface area (Å²) in [5.74, 6) is 0. The SMILES string of the molecule is CCc1ccc(CNS(=O)(=O)c2cc(CO)n(CC)c2)s1. The van der Waals surface area contributed by atoms with E-state index in [4.69, 9.17) is 0 Å². The van der Waals surface area contributed by atoms with E-state index in [1.165, 1.54) is 10.9 Å². The molecule has 2 N–H and O–H groups in total. The van der Waals surface area contributed by atoms with Gasteiger partial charge in [0.2, 0.25) is 10.0 Å². The van der Waals surface area contributed by atoms with E-state index in [-0.39, 0.29) is 11.5 Å². The molecule has 0 saturated heterocycles. The van der Waals surface area contributed by atoms with Gasteiger partial charge in [0, 0.05) is 34.7 Å². The predicted octanol–water partition coefficient (Wildman–Crippen LogP) is 2.10. The molecule has 0 saturated carbocycles. The van der Waals surface area contributed by atoms with Crippen molar-refractivity contribution in [1.29, 1.82) is 0 Å². The Morgan fingerprint density at radius 2 is 2.00 bits per heavy atom. The molecule has 0 spiro atoms. The van der Waals surface area contributed by atoms with Crippen molar-refractivity contribution in [3.8, 4) is 0 Å². The summed E-state index contributed by atoms with van der Waals surface area (Å²) >= 11 is 1.61. The lowest BCUT2D eigenvalue weighted by molar-refractivity contribution is 0.271. The van der Waals surface area contributed by atoms with Crippen LogP contribution in [0.2, 0.25) is 0 Å². The first-order valence-electron chi connectivity index (χ1n) is 6.87. The molecule has 7 heteroatoms. The molecule has 0 aliphatic carbocycles. The molecule has 0 aliphatic heterocycles. The number of aromatic nitrogens is 1.